The molecule has 1 heterocycles. The predicted octanol–water partition coefficient (Wildman–Crippen LogP) is 6.20. The molecule has 174 valence electrons. The maximum atomic E-state index is 13.0. The molecule has 0 bridgehead atoms. The molecule has 0 N–H and O–H groups in total. The molecule has 5 heteroatoms. The van der Waals surface area contributed by atoms with E-state index in [-0.39, 0.29) is 17.8 Å². The van der Waals surface area contributed by atoms with Crippen LogP contribution >= 0.6 is 0 Å². The molecule has 33 heavy (non-hydrogen) atoms. The number of nitrogens with zero attached hydrogens (tertiary/aromatic N) is 1. The van der Waals surface area contributed by atoms with Gasteiger partial charge in [0.05, 0.1) is 12.9 Å². The van der Waals surface area contributed by atoms with Crippen molar-refractivity contribution >= 4 is 11.9 Å². The van der Waals surface area contributed by atoms with E-state index >= 15 is 0 Å². The number of ether oxygens (including phenoxy) is 1. The molecule has 1 atom stereocenters. The molecule has 5 nitrogen and oxygen atoms in total. The van der Waals surface area contributed by atoms with Crippen molar-refractivity contribution in [2.45, 2.75) is 39.0 Å². The van der Waals surface area contributed by atoms with Gasteiger partial charge in [0.2, 0.25) is 0 Å². The zero-order valence-electron chi connectivity index (χ0n) is 19.5. The van der Waals surface area contributed by atoms with Gasteiger partial charge in [0.15, 0.2) is 0 Å². The fourth-order valence-corrected chi connectivity index (χ4v) is 3.90. The molecule has 0 saturated carbocycles. The third kappa shape index (κ3) is 7.35. The lowest BCUT2D eigenvalue weighted by molar-refractivity contribution is -0.143. The number of furan rings is 1. The molecular formula is C28H33NO4. The van der Waals surface area contributed by atoms with Gasteiger partial charge >= 0.3 is 5.97 Å². The highest BCUT2D eigenvalue weighted by molar-refractivity contribution is 5.94. The van der Waals surface area contributed by atoms with E-state index in [9.17, 15) is 9.59 Å². The normalized spacial score (nSPS) is 15.5. The van der Waals surface area contributed by atoms with E-state index in [0.717, 1.165) is 37.0 Å². The second kappa shape index (κ2) is 12.6. The summed E-state index contributed by atoms with van der Waals surface area (Å²) < 4.78 is 10.4. The number of unbranched alkanes of at least 4 members (excludes halogenated alkanes) is 2. The maximum Gasteiger partial charge on any atom is 0.305 e. The zero-order valence-corrected chi connectivity index (χ0v) is 19.5. The molecule has 0 aliphatic heterocycles. The monoisotopic (exact) mass is 447 g/mol. The Kier molecular flexibility index (Phi) is 9.31. The fraction of sp³-hybridized carbons (Fsp3) is 0.357. The molecule has 0 radical (unpaired) electrons. The SMILES string of the molecule is CCOC(=O)CCCC/C=C/C1=CC=CCC1CN(C)C(=O)c1ccc(-c2ccco2)cc1. The van der Waals surface area contributed by atoms with Crippen molar-refractivity contribution in [1.82, 2.24) is 4.90 Å². The first-order chi connectivity index (χ1) is 16.1. The minimum Gasteiger partial charge on any atom is -0.466 e. The second-order valence-corrected chi connectivity index (χ2v) is 8.22. The van der Waals surface area contributed by atoms with Gasteiger partial charge in [-0.05, 0) is 62.4 Å². The van der Waals surface area contributed by atoms with Gasteiger partial charge in [-0.15, -0.1) is 0 Å². The van der Waals surface area contributed by atoms with Crippen LogP contribution in [-0.2, 0) is 9.53 Å². The second-order valence-electron chi connectivity index (χ2n) is 8.22. The summed E-state index contributed by atoms with van der Waals surface area (Å²) >= 11 is 0. The van der Waals surface area contributed by atoms with Crippen LogP contribution in [0, 0.1) is 5.92 Å². The van der Waals surface area contributed by atoms with Crippen LogP contribution in [0.1, 0.15) is 49.4 Å². The highest BCUT2D eigenvalue weighted by Gasteiger charge is 2.20. The van der Waals surface area contributed by atoms with Crippen LogP contribution in [0.3, 0.4) is 0 Å². The molecule has 2 aromatic rings. The van der Waals surface area contributed by atoms with E-state index in [1.54, 1.807) is 11.2 Å². The summed E-state index contributed by atoms with van der Waals surface area (Å²) in [6.07, 6.45) is 16.4. The van der Waals surface area contributed by atoms with Crippen molar-refractivity contribution in [3.8, 4) is 11.3 Å². The van der Waals surface area contributed by atoms with Crippen LogP contribution in [0.2, 0.25) is 0 Å². The Morgan fingerprint density at radius 3 is 2.73 bits per heavy atom. The summed E-state index contributed by atoms with van der Waals surface area (Å²) in [7, 11) is 1.86. The number of carbonyl (C=O) groups is 2. The van der Waals surface area contributed by atoms with Crippen molar-refractivity contribution in [3.63, 3.8) is 0 Å². The molecule has 1 aromatic carbocycles. The molecule has 0 fully saturated rings. The number of amides is 1. The summed E-state index contributed by atoms with van der Waals surface area (Å²) in [6.45, 7) is 2.92. The topological polar surface area (TPSA) is 59.8 Å². The third-order valence-corrected chi connectivity index (χ3v) is 5.71. The molecule has 0 spiro atoms. The van der Waals surface area contributed by atoms with Crippen molar-refractivity contribution in [1.29, 1.82) is 0 Å². The van der Waals surface area contributed by atoms with E-state index < -0.39 is 0 Å². The van der Waals surface area contributed by atoms with E-state index in [0.29, 0.717) is 25.1 Å². The maximum absolute atomic E-state index is 13.0. The van der Waals surface area contributed by atoms with Gasteiger partial charge in [0.1, 0.15) is 5.76 Å². The molecule has 3 rings (SSSR count). The van der Waals surface area contributed by atoms with Crippen molar-refractivity contribution < 1.29 is 18.7 Å². The summed E-state index contributed by atoms with van der Waals surface area (Å²) in [5.74, 6) is 0.948. The lowest BCUT2D eigenvalue weighted by Gasteiger charge is -2.26. The molecule has 1 aromatic heterocycles. The number of esters is 1. The Balaban J connectivity index is 1.50. The highest BCUT2D eigenvalue weighted by Crippen LogP contribution is 2.24. The number of hydrogen-bond donors (Lipinski definition) is 0. The Labute approximate surface area is 196 Å². The van der Waals surface area contributed by atoms with Crippen molar-refractivity contribution in [3.05, 3.63) is 84.2 Å². The number of rotatable bonds is 11. The van der Waals surface area contributed by atoms with Crippen molar-refractivity contribution in [2.24, 2.45) is 5.92 Å². The summed E-state index contributed by atoms with van der Waals surface area (Å²) in [5.41, 5.74) is 2.85. The van der Waals surface area contributed by atoms with Gasteiger partial charge in [-0.2, -0.15) is 0 Å². The standard InChI is InChI=1S/C28H33NO4/c1-3-32-27(30)15-7-5-4-6-11-22-12-8-9-13-25(22)21-29(2)28(31)24-18-16-23(17-19-24)26-14-10-20-33-26/h6,8-12,14,16-20,25H,3-5,7,13,15,21H2,1-2H3/b11-6+. The quantitative estimate of drug-likeness (QED) is 0.304. The molecular weight excluding hydrogens is 414 g/mol. The van der Waals surface area contributed by atoms with Gasteiger partial charge in [-0.25, -0.2) is 0 Å². The average molecular weight is 448 g/mol. The summed E-state index contributed by atoms with van der Waals surface area (Å²) in [4.78, 5) is 26.2. The number of allylic oxidation sites excluding steroid dienone is 5. The first-order valence-electron chi connectivity index (χ1n) is 11.7. The van der Waals surface area contributed by atoms with Crippen LogP contribution in [0.25, 0.3) is 11.3 Å². The van der Waals surface area contributed by atoms with E-state index in [1.165, 1.54) is 5.57 Å². The number of benzene rings is 1. The van der Waals surface area contributed by atoms with Gasteiger partial charge in [-0.3, -0.25) is 9.59 Å². The predicted molar refractivity (Wildman–Crippen MR) is 131 cm³/mol. The smallest absolute Gasteiger partial charge is 0.305 e. The highest BCUT2D eigenvalue weighted by atomic mass is 16.5. The van der Waals surface area contributed by atoms with Crippen LogP contribution in [0.15, 0.2) is 83.0 Å². The first kappa shape index (κ1) is 24.3. The fourth-order valence-electron chi connectivity index (χ4n) is 3.90. The average Bonchev–Trinajstić information content (AvgIpc) is 3.37. The van der Waals surface area contributed by atoms with Crippen LogP contribution in [0.5, 0.6) is 0 Å². The van der Waals surface area contributed by atoms with Crippen LogP contribution in [-0.4, -0.2) is 37.0 Å². The minimum absolute atomic E-state index is 0.0119. The van der Waals surface area contributed by atoms with Gasteiger partial charge < -0.3 is 14.1 Å². The van der Waals surface area contributed by atoms with Crippen LogP contribution < -0.4 is 0 Å². The Morgan fingerprint density at radius 2 is 2.00 bits per heavy atom. The molecule has 1 aliphatic carbocycles. The molecule has 1 aliphatic rings. The molecule has 0 saturated heterocycles. The Bertz CT molecular complexity index is 983. The first-order valence-corrected chi connectivity index (χ1v) is 11.7. The van der Waals surface area contributed by atoms with E-state index in [1.807, 2.05) is 50.4 Å². The van der Waals surface area contributed by atoms with E-state index in [4.69, 9.17) is 9.15 Å². The lowest BCUT2D eigenvalue weighted by Crippen LogP contribution is -2.32. The van der Waals surface area contributed by atoms with Gasteiger partial charge in [0, 0.05) is 37.1 Å². The Hall–Kier alpha value is -3.34. The lowest BCUT2D eigenvalue weighted by atomic mass is 9.90. The largest absolute Gasteiger partial charge is 0.466 e. The van der Waals surface area contributed by atoms with Gasteiger partial charge in [-0.1, -0.05) is 42.5 Å². The number of carbonyl (C=O) groups excluding carboxylic acids is 2. The summed E-state index contributed by atoms with van der Waals surface area (Å²) in [5, 5.41) is 0. The van der Waals surface area contributed by atoms with Gasteiger partial charge in [0.25, 0.3) is 5.91 Å². The number of hydrogen-bond acceptors (Lipinski definition) is 4. The molecule has 1 amide bonds. The third-order valence-electron chi connectivity index (χ3n) is 5.71. The Morgan fingerprint density at radius 1 is 1.18 bits per heavy atom. The summed E-state index contributed by atoms with van der Waals surface area (Å²) in [6, 6.07) is 11.3. The van der Waals surface area contributed by atoms with Crippen LogP contribution in [0.4, 0.5) is 0 Å². The minimum atomic E-state index is -0.120. The van der Waals surface area contributed by atoms with E-state index in [2.05, 4.69) is 30.4 Å². The molecule has 1 unspecified atom stereocenters. The zero-order chi connectivity index (χ0) is 23.5. The van der Waals surface area contributed by atoms with Crippen molar-refractivity contribution in [2.75, 3.05) is 20.2 Å².